The summed E-state index contributed by atoms with van der Waals surface area (Å²) in [5.74, 6) is 0.00437. The Morgan fingerprint density at radius 1 is 1.41 bits per heavy atom. The number of ether oxygens (including phenoxy) is 1. The molecule has 0 N–H and O–H groups in total. The summed E-state index contributed by atoms with van der Waals surface area (Å²) in [6.45, 7) is 8.35. The van der Waals surface area contributed by atoms with Crippen molar-refractivity contribution in [2.75, 3.05) is 13.1 Å². The Labute approximate surface area is 130 Å². The molecule has 1 aliphatic heterocycles. The molecule has 1 aliphatic rings. The van der Waals surface area contributed by atoms with E-state index in [1.807, 2.05) is 31.6 Å². The third kappa shape index (κ3) is 4.44. The number of nitrogens with zero attached hydrogens (tertiary/aromatic N) is 3. The lowest BCUT2D eigenvalue weighted by molar-refractivity contribution is -0.112. The summed E-state index contributed by atoms with van der Waals surface area (Å²) in [6, 6.07) is 0.145. The van der Waals surface area contributed by atoms with Crippen molar-refractivity contribution in [3.8, 4) is 0 Å². The van der Waals surface area contributed by atoms with Crippen molar-refractivity contribution in [1.29, 1.82) is 0 Å². The number of hydrogen-bond acceptors (Lipinski definition) is 4. The van der Waals surface area contributed by atoms with E-state index in [0.717, 1.165) is 12.0 Å². The molecule has 6 nitrogen and oxygen atoms in total. The lowest BCUT2D eigenvalue weighted by atomic mass is 10.2. The van der Waals surface area contributed by atoms with Gasteiger partial charge in [-0.05, 0) is 46.3 Å². The fourth-order valence-electron chi connectivity index (χ4n) is 2.30. The zero-order chi connectivity index (χ0) is 16.3. The Morgan fingerprint density at radius 2 is 2.14 bits per heavy atom. The molecule has 0 aromatic carbocycles. The molecule has 1 unspecified atom stereocenters. The van der Waals surface area contributed by atoms with Gasteiger partial charge < -0.3 is 9.64 Å². The van der Waals surface area contributed by atoms with Crippen LogP contribution in [-0.2, 0) is 9.53 Å². The van der Waals surface area contributed by atoms with Crippen molar-refractivity contribution in [2.24, 2.45) is 0 Å². The van der Waals surface area contributed by atoms with Crippen LogP contribution in [0.1, 0.15) is 45.7 Å². The van der Waals surface area contributed by atoms with Crippen LogP contribution in [0.2, 0.25) is 0 Å². The Morgan fingerprint density at radius 3 is 2.77 bits per heavy atom. The third-order valence-corrected chi connectivity index (χ3v) is 3.32. The second-order valence-corrected chi connectivity index (χ2v) is 6.57. The highest BCUT2D eigenvalue weighted by Crippen LogP contribution is 2.23. The fourth-order valence-corrected chi connectivity index (χ4v) is 2.30. The Balaban J connectivity index is 1.96. The van der Waals surface area contributed by atoms with Gasteiger partial charge in [0.15, 0.2) is 5.78 Å². The highest BCUT2D eigenvalue weighted by molar-refractivity contribution is 5.91. The summed E-state index contributed by atoms with van der Waals surface area (Å²) in [4.78, 5) is 24.7. The molecular weight excluding hydrogens is 282 g/mol. The van der Waals surface area contributed by atoms with Crippen LogP contribution >= 0.6 is 0 Å². The van der Waals surface area contributed by atoms with Gasteiger partial charge in [-0.1, -0.05) is 0 Å². The standard InChI is InChI=1S/C16H23N3O3/c1-12(20)5-6-13-9-17-19(10-13)14-7-8-18(11-14)15(21)22-16(2,3)4/h5-6,9-10,14H,7-8,11H2,1-4H3. The van der Waals surface area contributed by atoms with E-state index < -0.39 is 5.60 Å². The van der Waals surface area contributed by atoms with E-state index in [2.05, 4.69) is 5.10 Å². The average Bonchev–Trinajstić information content (AvgIpc) is 3.03. The second-order valence-electron chi connectivity index (χ2n) is 6.57. The molecule has 2 heterocycles. The lowest BCUT2D eigenvalue weighted by Crippen LogP contribution is -2.35. The lowest BCUT2D eigenvalue weighted by Gasteiger charge is -2.24. The summed E-state index contributed by atoms with van der Waals surface area (Å²) < 4.78 is 7.24. The minimum atomic E-state index is -0.481. The maximum Gasteiger partial charge on any atom is 0.410 e. The van der Waals surface area contributed by atoms with E-state index in [4.69, 9.17) is 4.74 Å². The summed E-state index contributed by atoms with van der Waals surface area (Å²) in [5.41, 5.74) is 0.400. The summed E-state index contributed by atoms with van der Waals surface area (Å²) >= 11 is 0. The van der Waals surface area contributed by atoms with Gasteiger partial charge in [0.2, 0.25) is 0 Å². The number of aromatic nitrogens is 2. The molecule has 0 bridgehead atoms. The van der Waals surface area contributed by atoms with Gasteiger partial charge in [0.05, 0.1) is 12.2 Å². The van der Waals surface area contributed by atoms with Crippen LogP contribution in [-0.4, -0.2) is 45.2 Å². The van der Waals surface area contributed by atoms with Crippen LogP contribution in [0.3, 0.4) is 0 Å². The minimum absolute atomic E-state index is 0.00437. The van der Waals surface area contributed by atoms with Crippen LogP contribution in [0, 0.1) is 0 Å². The Kier molecular flexibility index (Phi) is 4.68. The number of carbonyl (C=O) groups excluding carboxylic acids is 2. The molecule has 1 amide bonds. The summed E-state index contributed by atoms with van der Waals surface area (Å²) in [5, 5.41) is 4.32. The molecule has 0 radical (unpaired) electrons. The average molecular weight is 305 g/mol. The molecule has 6 heteroatoms. The van der Waals surface area contributed by atoms with Gasteiger partial charge in [0.1, 0.15) is 5.60 Å². The van der Waals surface area contributed by atoms with Gasteiger partial charge in [-0.2, -0.15) is 5.10 Å². The first-order chi connectivity index (χ1) is 10.2. The molecule has 0 spiro atoms. The SMILES string of the molecule is CC(=O)C=Cc1cnn(C2CCN(C(=O)OC(C)(C)C)C2)c1. The first kappa shape index (κ1) is 16.3. The van der Waals surface area contributed by atoms with Gasteiger partial charge in [0.25, 0.3) is 0 Å². The van der Waals surface area contributed by atoms with Crippen molar-refractivity contribution in [1.82, 2.24) is 14.7 Å². The molecule has 1 saturated heterocycles. The van der Waals surface area contributed by atoms with E-state index in [1.54, 1.807) is 17.2 Å². The number of rotatable bonds is 3. The summed E-state index contributed by atoms with van der Waals surface area (Å²) in [6.07, 6.45) is 7.43. The molecule has 1 atom stereocenters. The monoisotopic (exact) mass is 305 g/mol. The molecular formula is C16H23N3O3. The minimum Gasteiger partial charge on any atom is -0.444 e. The van der Waals surface area contributed by atoms with E-state index in [0.29, 0.717) is 13.1 Å². The molecule has 0 saturated carbocycles. The highest BCUT2D eigenvalue weighted by atomic mass is 16.6. The van der Waals surface area contributed by atoms with Crippen LogP contribution in [0.5, 0.6) is 0 Å². The van der Waals surface area contributed by atoms with Gasteiger partial charge in [-0.25, -0.2) is 4.79 Å². The summed E-state index contributed by atoms with van der Waals surface area (Å²) in [7, 11) is 0. The predicted molar refractivity (Wildman–Crippen MR) is 83.4 cm³/mol. The number of amides is 1. The van der Waals surface area contributed by atoms with E-state index in [1.165, 1.54) is 13.0 Å². The topological polar surface area (TPSA) is 64.4 Å². The zero-order valence-electron chi connectivity index (χ0n) is 13.6. The molecule has 1 aromatic rings. The maximum atomic E-state index is 12.0. The van der Waals surface area contributed by atoms with Crippen LogP contribution in [0.25, 0.3) is 6.08 Å². The second kappa shape index (κ2) is 6.34. The molecule has 22 heavy (non-hydrogen) atoms. The number of carbonyl (C=O) groups is 2. The largest absolute Gasteiger partial charge is 0.444 e. The molecule has 120 valence electrons. The normalized spacial score (nSPS) is 18.9. The van der Waals surface area contributed by atoms with Crippen molar-refractivity contribution < 1.29 is 14.3 Å². The number of allylic oxidation sites excluding steroid dienone is 1. The Hall–Kier alpha value is -2.11. The van der Waals surface area contributed by atoms with Crippen molar-refractivity contribution >= 4 is 18.0 Å². The van der Waals surface area contributed by atoms with E-state index in [-0.39, 0.29) is 17.9 Å². The van der Waals surface area contributed by atoms with Crippen molar-refractivity contribution in [3.05, 3.63) is 24.0 Å². The highest BCUT2D eigenvalue weighted by Gasteiger charge is 2.30. The van der Waals surface area contributed by atoms with Gasteiger partial charge in [-0.3, -0.25) is 9.48 Å². The van der Waals surface area contributed by atoms with Crippen LogP contribution in [0.4, 0.5) is 4.79 Å². The quantitative estimate of drug-likeness (QED) is 0.805. The van der Waals surface area contributed by atoms with Gasteiger partial charge in [-0.15, -0.1) is 0 Å². The van der Waals surface area contributed by atoms with Crippen molar-refractivity contribution in [2.45, 2.75) is 45.8 Å². The number of hydrogen-bond donors (Lipinski definition) is 0. The fraction of sp³-hybridized carbons (Fsp3) is 0.562. The van der Waals surface area contributed by atoms with Crippen LogP contribution < -0.4 is 0 Å². The van der Waals surface area contributed by atoms with Gasteiger partial charge in [0, 0.05) is 24.8 Å². The number of likely N-dealkylation sites (tertiary alicyclic amines) is 1. The molecule has 1 fully saturated rings. The van der Waals surface area contributed by atoms with Gasteiger partial charge >= 0.3 is 6.09 Å². The molecule has 0 aliphatic carbocycles. The first-order valence-electron chi connectivity index (χ1n) is 7.45. The number of ketones is 1. The van der Waals surface area contributed by atoms with E-state index in [9.17, 15) is 9.59 Å². The zero-order valence-corrected chi connectivity index (χ0v) is 13.6. The smallest absolute Gasteiger partial charge is 0.410 e. The van der Waals surface area contributed by atoms with E-state index >= 15 is 0 Å². The third-order valence-electron chi connectivity index (χ3n) is 3.32. The Bertz CT molecular complexity index is 584. The maximum absolute atomic E-state index is 12.0. The molecule has 1 aromatic heterocycles. The van der Waals surface area contributed by atoms with Crippen molar-refractivity contribution in [3.63, 3.8) is 0 Å². The molecule has 2 rings (SSSR count). The predicted octanol–water partition coefficient (Wildman–Crippen LogP) is 2.67. The van der Waals surface area contributed by atoms with Crippen LogP contribution in [0.15, 0.2) is 18.5 Å². The first-order valence-corrected chi connectivity index (χ1v) is 7.45.